The van der Waals surface area contributed by atoms with Gasteiger partial charge in [-0.1, -0.05) is 40.0 Å². The fourth-order valence-electron chi connectivity index (χ4n) is 13.2. The van der Waals surface area contributed by atoms with E-state index < -0.39 is 24.2 Å². The lowest BCUT2D eigenvalue weighted by molar-refractivity contribution is -0.193. The molecule has 2 heterocycles. The number of amides is 2. The Hall–Kier alpha value is -1.38. The Balaban J connectivity index is 1.00. The average molecular weight is 773 g/mol. The van der Waals surface area contributed by atoms with E-state index in [0.717, 1.165) is 51.4 Å². The summed E-state index contributed by atoms with van der Waals surface area (Å²) in [6.45, 7) is 9.63. The normalized spacial score (nSPS) is 44.8. The first-order valence-corrected chi connectivity index (χ1v) is 22.3. The number of aliphatic hydroxyl groups is 2. The molecule has 6 N–H and O–H groups in total. The monoisotopic (exact) mass is 773 g/mol. The lowest BCUT2D eigenvalue weighted by Crippen LogP contribution is -2.62. The zero-order valence-corrected chi connectivity index (χ0v) is 35.1. The van der Waals surface area contributed by atoms with E-state index in [1.807, 2.05) is 7.11 Å². The minimum absolute atomic E-state index is 0.0398. The van der Waals surface area contributed by atoms with Gasteiger partial charge in [0.05, 0.1) is 25.0 Å². The fourth-order valence-corrected chi connectivity index (χ4v) is 13.2. The minimum Gasteiger partial charge on any atom is -0.394 e. The number of hydrogen-bond donors (Lipinski definition) is 6. The molecule has 8 fully saturated rings. The molecule has 0 radical (unpaired) electrons. The molecule has 314 valence electrons. The molecule has 12 heteroatoms. The van der Waals surface area contributed by atoms with Gasteiger partial charge in [-0.15, -0.1) is 0 Å². The van der Waals surface area contributed by atoms with Crippen LogP contribution in [0.15, 0.2) is 0 Å². The molecule has 0 spiro atoms. The van der Waals surface area contributed by atoms with Crippen molar-refractivity contribution < 1.29 is 29.4 Å². The Labute approximate surface area is 331 Å². The molecule has 2 aliphatic heterocycles. The van der Waals surface area contributed by atoms with Crippen molar-refractivity contribution in [1.82, 2.24) is 31.2 Å². The van der Waals surface area contributed by atoms with Crippen LogP contribution in [0.4, 0.5) is 0 Å². The third-order valence-corrected chi connectivity index (χ3v) is 16.5. The highest BCUT2D eigenvalue weighted by Crippen LogP contribution is 2.61. The molecular formula is C43H76N6O6. The van der Waals surface area contributed by atoms with Crippen molar-refractivity contribution in [1.29, 1.82) is 0 Å². The van der Waals surface area contributed by atoms with Crippen LogP contribution in [0.25, 0.3) is 0 Å². The Kier molecular flexibility index (Phi) is 13.3. The smallest absolute Gasteiger partial charge is 0.240 e. The highest BCUT2D eigenvalue weighted by atomic mass is 16.7. The molecule has 6 saturated carbocycles. The molecule has 8 rings (SSSR count). The maximum atomic E-state index is 14.3. The zero-order valence-electron chi connectivity index (χ0n) is 35.1. The Morgan fingerprint density at radius 1 is 1.00 bits per heavy atom. The molecule has 0 aromatic rings. The van der Waals surface area contributed by atoms with Crippen molar-refractivity contribution in [3.8, 4) is 0 Å². The van der Waals surface area contributed by atoms with Crippen LogP contribution in [0.1, 0.15) is 111 Å². The van der Waals surface area contributed by atoms with Crippen LogP contribution >= 0.6 is 0 Å². The van der Waals surface area contributed by atoms with E-state index >= 15 is 0 Å². The van der Waals surface area contributed by atoms with Gasteiger partial charge in [0.2, 0.25) is 11.8 Å². The molecule has 0 aromatic heterocycles. The van der Waals surface area contributed by atoms with Crippen LogP contribution in [0, 0.1) is 52.8 Å². The van der Waals surface area contributed by atoms with Crippen molar-refractivity contribution in [3.63, 3.8) is 0 Å². The van der Waals surface area contributed by atoms with Crippen LogP contribution in [-0.2, 0) is 19.2 Å². The predicted molar refractivity (Wildman–Crippen MR) is 212 cm³/mol. The summed E-state index contributed by atoms with van der Waals surface area (Å²) in [6, 6.07) is 0.859. The number of hydroxylamine groups is 2. The van der Waals surface area contributed by atoms with Gasteiger partial charge in [0, 0.05) is 62.1 Å². The minimum atomic E-state index is -0.825. The van der Waals surface area contributed by atoms with Gasteiger partial charge in [-0.2, -0.15) is 5.06 Å². The lowest BCUT2D eigenvalue weighted by atomic mass is 9.45. The molecule has 12 nitrogen and oxygen atoms in total. The lowest BCUT2D eigenvalue weighted by Gasteiger charge is -2.62. The molecule has 8 aliphatic rings. The zero-order chi connectivity index (χ0) is 39.2. The van der Waals surface area contributed by atoms with Crippen molar-refractivity contribution >= 4 is 11.8 Å². The summed E-state index contributed by atoms with van der Waals surface area (Å²) in [6.07, 6.45) is 12.7. The fraction of sp³-hybridized carbons (Fsp3) is 0.953. The first-order valence-electron chi connectivity index (χ1n) is 22.3. The number of aliphatic hydroxyl groups excluding tert-OH is 2. The maximum absolute atomic E-state index is 14.3. The van der Waals surface area contributed by atoms with Gasteiger partial charge in [-0.05, 0) is 120 Å². The van der Waals surface area contributed by atoms with E-state index in [2.05, 4.69) is 61.0 Å². The Morgan fingerprint density at radius 2 is 1.73 bits per heavy atom. The molecule has 0 aromatic carbocycles. The average Bonchev–Trinajstić information content (AvgIpc) is 3.76. The Bertz CT molecular complexity index is 1300. The van der Waals surface area contributed by atoms with Gasteiger partial charge in [0.25, 0.3) is 0 Å². The van der Waals surface area contributed by atoms with Gasteiger partial charge in [0.1, 0.15) is 12.1 Å². The van der Waals surface area contributed by atoms with Crippen molar-refractivity contribution in [3.05, 3.63) is 0 Å². The largest absolute Gasteiger partial charge is 0.394 e. The van der Waals surface area contributed by atoms with Gasteiger partial charge in [-0.3, -0.25) is 25.1 Å². The van der Waals surface area contributed by atoms with Gasteiger partial charge in [0.15, 0.2) is 0 Å². The number of hydrogen-bond acceptors (Lipinski definition) is 10. The number of nitrogens with zero attached hydrogens (tertiary/aromatic N) is 2. The third kappa shape index (κ3) is 8.54. The number of methoxy groups -OCH3 is 1. The summed E-state index contributed by atoms with van der Waals surface area (Å²) in [5, 5.41) is 37.5. The second kappa shape index (κ2) is 17.5. The number of fused-ring (bicyclic) bond motifs is 3. The van der Waals surface area contributed by atoms with E-state index in [0.29, 0.717) is 60.3 Å². The number of carbonyl (C=O) groups is 2. The third-order valence-electron chi connectivity index (χ3n) is 16.5. The van der Waals surface area contributed by atoms with Gasteiger partial charge in [-0.25, -0.2) is 0 Å². The molecule has 16 atom stereocenters. The molecule has 2 bridgehead atoms. The SMILES string of the molecule is COC1C(CN2O[C@@H](CO)[C@@H]([C@H](C)O)[C@H]2C(=O)N[C@H]2C[C@H]3C[C@@H]([C@@H]2C)C3(C)C)CCCC1C1CC(C(=O)NCCC2NC3CCCCC3N2)CC(N(C)C)C1. The molecule has 6 aliphatic carbocycles. The standard InChI is InChI=1S/C43H76N6O6/c1-24-32-20-29(43(32,3)4)21-35(24)47-42(53)39-38(25(2)51)36(23-50)55-49(39)22-26-11-10-12-31(40(26)54-7)27-17-28(19-30(18-27)48(5)6)41(52)44-16-15-37-45-33-13-8-9-14-34(33)46-37/h24-40,45-46,50-51H,8-23H2,1-7H3,(H,44,52)(H,47,53)/t24-,25-,26?,27?,28?,29+,30?,31?,32-,33?,34?,35-,36-,37?,38+,39-,40?/m0/s1. The molecule has 2 amide bonds. The number of ether oxygens (including phenoxy) is 1. The predicted octanol–water partition coefficient (Wildman–Crippen LogP) is 3.26. The van der Waals surface area contributed by atoms with Crippen molar-refractivity contribution in [2.24, 2.45) is 52.8 Å². The second-order valence-electron chi connectivity index (χ2n) is 20.1. The van der Waals surface area contributed by atoms with E-state index in [9.17, 15) is 19.8 Å². The summed E-state index contributed by atoms with van der Waals surface area (Å²) in [7, 11) is 6.09. The summed E-state index contributed by atoms with van der Waals surface area (Å²) < 4.78 is 6.42. The highest BCUT2D eigenvalue weighted by molar-refractivity contribution is 5.83. The molecule has 8 unspecified atom stereocenters. The van der Waals surface area contributed by atoms with E-state index in [1.54, 1.807) is 12.0 Å². The summed E-state index contributed by atoms with van der Waals surface area (Å²) >= 11 is 0. The second-order valence-corrected chi connectivity index (χ2v) is 20.1. The molecular weight excluding hydrogens is 697 g/mol. The van der Waals surface area contributed by atoms with Gasteiger partial charge >= 0.3 is 0 Å². The Morgan fingerprint density at radius 3 is 2.35 bits per heavy atom. The van der Waals surface area contributed by atoms with Crippen LogP contribution in [0.5, 0.6) is 0 Å². The van der Waals surface area contributed by atoms with Gasteiger partial charge < -0.3 is 30.5 Å². The molecule has 55 heavy (non-hydrogen) atoms. The van der Waals surface area contributed by atoms with E-state index in [4.69, 9.17) is 9.57 Å². The van der Waals surface area contributed by atoms with E-state index in [1.165, 1.54) is 32.1 Å². The molecule has 2 saturated heterocycles. The van der Waals surface area contributed by atoms with E-state index in [-0.39, 0.29) is 54.5 Å². The van der Waals surface area contributed by atoms with Crippen LogP contribution in [-0.4, -0.2) is 128 Å². The number of nitrogens with one attached hydrogen (secondary N) is 4. The highest BCUT2D eigenvalue weighted by Gasteiger charge is 2.58. The number of carbonyl (C=O) groups excluding carboxylic acids is 2. The quantitative estimate of drug-likeness (QED) is 0.165. The number of rotatable bonds is 13. The van der Waals surface area contributed by atoms with Crippen LogP contribution < -0.4 is 21.3 Å². The summed E-state index contributed by atoms with van der Waals surface area (Å²) in [5.41, 5.74) is 0.317. The van der Waals surface area contributed by atoms with Crippen molar-refractivity contribution in [2.45, 2.75) is 166 Å². The van der Waals surface area contributed by atoms with Crippen LogP contribution in [0.3, 0.4) is 0 Å². The summed E-state index contributed by atoms with van der Waals surface area (Å²) in [5.74, 6) is 1.81. The summed E-state index contributed by atoms with van der Waals surface area (Å²) in [4.78, 5) is 36.9. The van der Waals surface area contributed by atoms with Crippen molar-refractivity contribution in [2.75, 3.05) is 40.9 Å². The first kappa shape index (κ1) is 41.8. The van der Waals surface area contributed by atoms with Crippen LogP contribution in [0.2, 0.25) is 0 Å². The maximum Gasteiger partial charge on any atom is 0.240 e. The topological polar surface area (TPSA) is 148 Å². The first-order chi connectivity index (χ1) is 26.3.